The zero-order valence-corrected chi connectivity index (χ0v) is 37.2. The van der Waals surface area contributed by atoms with Gasteiger partial charge in [-0.3, -0.25) is 14.4 Å². The number of nitrogens with zero attached hydrogens (tertiary/aromatic N) is 3. The summed E-state index contributed by atoms with van der Waals surface area (Å²) in [5.74, 6) is -0.532. The molecule has 61 heavy (non-hydrogen) atoms. The van der Waals surface area contributed by atoms with Crippen LogP contribution in [0.25, 0.3) is 31.2 Å². The Morgan fingerprint density at radius 3 is 2.23 bits per heavy atom. The number of likely N-dealkylation sites (tertiary alicyclic amines) is 1. The van der Waals surface area contributed by atoms with Crippen molar-refractivity contribution in [2.45, 2.75) is 65.3 Å². The molecule has 4 N–H and O–H groups in total. The molecule has 0 saturated carbocycles. The predicted octanol–water partition coefficient (Wildman–Crippen LogP) is 6.24. The molecule has 3 heterocycles. The van der Waals surface area contributed by atoms with Gasteiger partial charge in [-0.15, -0.1) is 22.7 Å². The maximum Gasteiger partial charge on any atom is 0.246 e. The molecule has 4 atom stereocenters. The molecule has 2 aromatic heterocycles. The summed E-state index contributed by atoms with van der Waals surface area (Å²) in [4.78, 5) is 52.1. The van der Waals surface area contributed by atoms with E-state index in [1.807, 2.05) is 102 Å². The standard InChI is InChI=1S/C45H56N6O8S2/c1-28(30-7-9-31(10-8-30)40-29(2)47-27-60-40)48-42(54)37-23-34(52)25-51(37)44(55)41(45(3,4)5)50-39(53)26-58-20-19-56-17-18-57-21-22-59-35-15-16-36-38(24-35)61-43(49-36)32-11-13-33(46-6)14-12-32/h7-16,24,27-28,34,37,41,46,52H,17-23,25-26H2,1-6H3,(H,48,54)(H,50,53)/t28?,34-,37+,41?/m1/s1. The second-order valence-corrected chi connectivity index (χ2v) is 17.9. The Morgan fingerprint density at radius 1 is 0.902 bits per heavy atom. The number of aromatic nitrogens is 2. The number of aliphatic hydroxyl groups excluding tert-OH is 1. The van der Waals surface area contributed by atoms with E-state index in [2.05, 4.69) is 33.1 Å². The van der Waals surface area contributed by atoms with Gasteiger partial charge in [0.1, 0.15) is 36.1 Å². The number of hydrogen-bond acceptors (Lipinski definition) is 13. The van der Waals surface area contributed by atoms with Gasteiger partial charge in [-0.25, -0.2) is 9.97 Å². The van der Waals surface area contributed by atoms with E-state index in [1.54, 1.807) is 22.7 Å². The van der Waals surface area contributed by atoms with Gasteiger partial charge >= 0.3 is 0 Å². The van der Waals surface area contributed by atoms with Gasteiger partial charge in [0, 0.05) is 31.3 Å². The maximum atomic E-state index is 14.0. The summed E-state index contributed by atoms with van der Waals surface area (Å²) in [6.45, 7) is 11.0. The highest BCUT2D eigenvalue weighted by molar-refractivity contribution is 7.21. The van der Waals surface area contributed by atoms with E-state index < -0.39 is 35.4 Å². The third kappa shape index (κ3) is 12.3. The van der Waals surface area contributed by atoms with Crippen LogP contribution in [-0.2, 0) is 28.6 Å². The molecule has 0 radical (unpaired) electrons. The average molecular weight is 873 g/mol. The Hall–Kier alpha value is -4.97. The highest BCUT2D eigenvalue weighted by Crippen LogP contribution is 2.33. The summed E-state index contributed by atoms with van der Waals surface area (Å²) in [5.41, 5.74) is 7.09. The summed E-state index contributed by atoms with van der Waals surface area (Å²) in [5, 5.41) is 20.5. The van der Waals surface area contributed by atoms with Crippen LogP contribution in [0, 0.1) is 12.3 Å². The van der Waals surface area contributed by atoms with Gasteiger partial charge in [0.25, 0.3) is 0 Å². The molecule has 326 valence electrons. The molecule has 1 aliphatic heterocycles. The van der Waals surface area contributed by atoms with Crippen LogP contribution in [0.1, 0.15) is 51.4 Å². The number of rotatable bonds is 20. The number of amides is 3. The number of fused-ring (bicyclic) bond motifs is 1. The van der Waals surface area contributed by atoms with Gasteiger partial charge in [-0.1, -0.05) is 45.0 Å². The van der Waals surface area contributed by atoms with Gasteiger partial charge in [0.15, 0.2) is 0 Å². The monoisotopic (exact) mass is 872 g/mol. The highest BCUT2D eigenvalue weighted by Gasteiger charge is 2.44. The van der Waals surface area contributed by atoms with Gasteiger partial charge in [-0.2, -0.15) is 0 Å². The molecule has 3 amide bonds. The first-order chi connectivity index (χ1) is 29.3. The van der Waals surface area contributed by atoms with Crippen LogP contribution in [0.15, 0.2) is 72.2 Å². The van der Waals surface area contributed by atoms with E-state index in [9.17, 15) is 19.5 Å². The lowest BCUT2D eigenvalue weighted by atomic mass is 9.85. The minimum absolute atomic E-state index is 0.0142. The third-order valence-corrected chi connectivity index (χ3v) is 12.4. The van der Waals surface area contributed by atoms with Crippen LogP contribution in [0.3, 0.4) is 0 Å². The van der Waals surface area contributed by atoms with Crippen LogP contribution < -0.4 is 20.7 Å². The van der Waals surface area contributed by atoms with Crippen molar-refractivity contribution < 1.29 is 38.4 Å². The molecular weight excluding hydrogens is 817 g/mol. The minimum Gasteiger partial charge on any atom is -0.491 e. The lowest BCUT2D eigenvalue weighted by Gasteiger charge is -2.35. The molecule has 2 unspecified atom stereocenters. The van der Waals surface area contributed by atoms with E-state index in [0.29, 0.717) is 26.4 Å². The molecule has 5 aromatic rings. The van der Waals surface area contributed by atoms with Gasteiger partial charge in [0.05, 0.1) is 71.5 Å². The van der Waals surface area contributed by atoms with Gasteiger partial charge in [-0.05, 0) is 72.9 Å². The molecule has 1 fully saturated rings. The molecule has 3 aromatic carbocycles. The summed E-state index contributed by atoms with van der Waals surface area (Å²) in [6, 6.07) is 19.8. The Bertz CT molecular complexity index is 2220. The van der Waals surface area contributed by atoms with Crippen molar-refractivity contribution >= 4 is 56.3 Å². The van der Waals surface area contributed by atoms with Crippen molar-refractivity contribution in [2.75, 3.05) is 65.2 Å². The van der Waals surface area contributed by atoms with Crippen LogP contribution >= 0.6 is 22.7 Å². The van der Waals surface area contributed by atoms with E-state index in [4.69, 9.17) is 23.9 Å². The molecular formula is C45H56N6O8S2. The second-order valence-electron chi connectivity index (χ2n) is 16.0. The molecule has 16 heteroatoms. The Kier molecular flexibility index (Phi) is 15.8. The van der Waals surface area contributed by atoms with Crippen molar-refractivity contribution in [3.63, 3.8) is 0 Å². The molecule has 0 spiro atoms. The number of β-amino-alcohol motifs (C(OH)–C–C–N with tert-alkyl or cyclic N) is 1. The Balaban J connectivity index is 0.866. The largest absolute Gasteiger partial charge is 0.491 e. The lowest BCUT2D eigenvalue weighted by Crippen LogP contribution is -2.58. The summed E-state index contributed by atoms with van der Waals surface area (Å²) in [7, 11) is 1.89. The number of aliphatic hydroxyl groups is 1. The summed E-state index contributed by atoms with van der Waals surface area (Å²) < 4.78 is 23.7. The first kappa shape index (κ1) is 45.6. The first-order valence-electron chi connectivity index (χ1n) is 20.4. The van der Waals surface area contributed by atoms with E-state index in [1.165, 1.54) is 4.90 Å². The number of carbonyl (C=O) groups is 3. The number of anilines is 1. The van der Waals surface area contributed by atoms with Crippen molar-refractivity contribution in [1.29, 1.82) is 0 Å². The third-order valence-electron chi connectivity index (χ3n) is 10.3. The van der Waals surface area contributed by atoms with Crippen LogP contribution in [0.4, 0.5) is 5.69 Å². The number of aryl methyl sites for hydroxylation is 1. The lowest BCUT2D eigenvalue weighted by molar-refractivity contribution is -0.144. The smallest absolute Gasteiger partial charge is 0.246 e. The molecule has 1 saturated heterocycles. The van der Waals surface area contributed by atoms with Crippen molar-refractivity contribution in [3.8, 4) is 26.8 Å². The predicted molar refractivity (Wildman–Crippen MR) is 239 cm³/mol. The average Bonchev–Trinajstić information content (AvgIpc) is 3.99. The van der Waals surface area contributed by atoms with E-state index >= 15 is 0 Å². The quantitative estimate of drug-likeness (QED) is 0.0653. The Morgan fingerprint density at radius 2 is 1.57 bits per heavy atom. The van der Waals surface area contributed by atoms with Crippen LogP contribution in [0.5, 0.6) is 5.75 Å². The number of benzene rings is 3. The maximum absolute atomic E-state index is 14.0. The fraction of sp³-hybridized carbons (Fsp3) is 0.444. The summed E-state index contributed by atoms with van der Waals surface area (Å²) >= 11 is 3.20. The van der Waals surface area contributed by atoms with Crippen LogP contribution in [-0.4, -0.2) is 116 Å². The molecule has 1 aliphatic rings. The zero-order chi connectivity index (χ0) is 43.5. The Labute approximate surface area is 365 Å². The molecule has 0 bridgehead atoms. The SMILES string of the molecule is CNc1ccc(-c2nc3ccc(OCCOCCOCCOCC(=O)NC(C(=O)N4C[C@H](O)C[C@H]4C(=O)NC(C)c4ccc(-c5scnc5C)cc4)C(C)(C)C)cc3s2)cc1. The molecule has 6 rings (SSSR count). The van der Waals surface area contributed by atoms with E-state index in [0.717, 1.165) is 53.9 Å². The van der Waals surface area contributed by atoms with Gasteiger partial charge < -0.3 is 44.9 Å². The normalized spacial score (nSPS) is 16.3. The number of hydrogen-bond donors (Lipinski definition) is 4. The molecule has 14 nitrogen and oxygen atoms in total. The van der Waals surface area contributed by atoms with Crippen molar-refractivity contribution in [1.82, 2.24) is 25.5 Å². The minimum atomic E-state index is -0.961. The highest BCUT2D eigenvalue weighted by atomic mass is 32.1. The fourth-order valence-corrected chi connectivity index (χ4v) is 8.75. The molecule has 0 aliphatic carbocycles. The van der Waals surface area contributed by atoms with Gasteiger partial charge in [0.2, 0.25) is 17.7 Å². The fourth-order valence-electron chi connectivity index (χ4n) is 6.94. The van der Waals surface area contributed by atoms with Crippen LogP contribution in [0.2, 0.25) is 0 Å². The van der Waals surface area contributed by atoms with Crippen molar-refractivity contribution in [3.05, 3.63) is 83.5 Å². The topological polar surface area (TPSA) is 173 Å². The second kappa shape index (κ2) is 21.2. The summed E-state index contributed by atoms with van der Waals surface area (Å²) in [6.07, 6.45) is -0.775. The number of nitrogens with one attached hydrogen (secondary N) is 3. The van der Waals surface area contributed by atoms with Crippen molar-refractivity contribution in [2.24, 2.45) is 5.41 Å². The zero-order valence-electron chi connectivity index (χ0n) is 35.6. The number of carbonyl (C=O) groups excluding carboxylic acids is 3. The number of thiazole rings is 2. The number of ether oxygens (including phenoxy) is 4. The van der Waals surface area contributed by atoms with E-state index in [-0.39, 0.29) is 44.7 Å². The first-order valence-corrected chi connectivity index (χ1v) is 22.1.